The Morgan fingerprint density at radius 2 is 1.35 bits per heavy atom. The Labute approximate surface area is 170 Å². The van der Waals surface area contributed by atoms with E-state index >= 15 is 0 Å². The predicted octanol–water partition coefficient (Wildman–Crippen LogP) is 2.08. The van der Waals surface area contributed by atoms with E-state index in [-0.39, 0.29) is 0 Å². The van der Waals surface area contributed by atoms with Gasteiger partial charge in [0.25, 0.3) is 0 Å². The first-order valence-corrected chi connectivity index (χ1v) is 16.0. The van der Waals surface area contributed by atoms with Crippen LogP contribution in [-0.4, -0.2) is 103 Å². The van der Waals surface area contributed by atoms with Gasteiger partial charge in [0.1, 0.15) is 0 Å². The van der Waals surface area contributed by atoms with Gasteiger partial charge >= 0.3 is 172 Å². The molecule has 0 aromatic carbocycles. The molecule has 3 aliphatic heterocycles. The van der Waals surface area contributed by atoms with Crippen molar-refractivity contribution >= 4 is 104 Å². The fraction of sp³-hybridized carbons (Fsp3) is 0.857. The Kier molecular flexibility index (Phi) is 8.00. The van der Waals surface area contributed by atoms with Crippen molar-refractivity contribution in [1.29, 1.82) is 0 Å². The average molecular weight is 666 g/mol. The van der Waals surface area contributed by atoms with Crippen LogP contribution in [0.15, 0.2) is 0 Å². The van der Waals surface area contributed by atoms with Crippen molar-refractivity contribution in [1.82, 2.24) is 0 Å². The molecule has 3 rings (SSSR count). The molecule has 0 aromatic heterocycles. The Hall–Kier alpha value is 3.06. The second-order valence-corrected chi connectivity index (χ2v) is 18.4. The van der Waals surface area contributed by atoms with Gasteiger partial charge in [0.05, 0.1) is 0 Å². The third-order valence-electron chi connectivity index (χ3n) is 3.66. The summed E-state index contributed by atoms with van der Waals surface area (Å²) in [4.78, 5) is 0. The van der Waals surface area contributed by atoms with Crippen LogP contribution in [0.3, 0.4) is 0 Å². The molecule has 20 heavy (non-hydrogen) atoms. The first-order chi connectivity index (χ1) is 9.69. The van der Waals surface area contributed by atoms with Crippen LogP contribution in [0.4, 0.5) is 0 Å². The van der Waals surface area contributed by atoms with E-state index in [1.165, 1.54) is 37.2 Å². The number of hydrogen-bond acceptors (Lipinski definition) is 2. The van der Waals surface area contributed by atoms with E-state index in [4.69, 9.17) is 0 Å². The topological polar surface area (TPSA) is 0 Å². The maximum absolute atomic E-state index is 2.36. The quantitative estimate of drug-likeness (QED) is 0.288. The van der Waals surface area contributed by atoms with Crippen molar-refractivity contribution in [3.8, 4) is 0 Å². The van der Waals surface area contributed by atoms with Gasteiger partial charge in [0, 0.05) is 0 Å². The molecule has 0 N–H and O–H groups in total. The van der Waals surface area contributed by atoms with Gasteiger partial charge in [-0.05, 0) is 0 Å². The van der Waals surface area contributed by atoms with Gasteiger partial charge < -0.3 is 0 Å². The monoisotopic (exact) mass is 672 g/mol. The van der Waals surface area contributed by atoms with Gasteiger partial charge in [-0.25, -0.2) is 0 Å². The molecule has 0 radical (unpaired) electrons. The first kappa shape index (κ1) is 17.9. The van der Waals surface area contributed by atoms with Crippen LogP contribution in [0.5, 0.6) is 0 Å². The van der Waals surface area contributed by atoms with Crippen LogP contribution in [0.2, 0.25) is 14.4 Å². The molecule has 2 unspecified atom stereocenters. The molecular formula is C14H20S2Se2Te2. The molecule has 3 aliphatic rings. The summed E-state index contributed by atoms with van der Waals surface area (Å²) in [5.74, 6) is 3.96. The summed E-state index contributed by atoms with van der Waals surface area (Å²) in [6, 6.07) is 0. The minimum absolute atomic E-state index is 0.957. The summed E-state index contributed by atoms with van der Waals surface area (Å²) >= 11 is 10.9. The number of hydrogen-bond donors (Lipinski definition) is 0. The van der Waals surface area contributed by atoms with Crippen molar-refractivity contribution in [2.75, 3.05) is 11.5 Å². The van der Waals surface area contributed by atoms with Crippen LogP contribution >= 0.6 is 23.5 Å². The standard InChI is InChI=1S/C14H20S2Se2Te2/c19-12(2-10-5-15-10)1-9-7-17-14(18-8-9)4-13(20)3-11-6-16-11/h9-11,14H,1-8H2. The molecule has 0 spiro atoms. The van der Waals surface area contributed by atoms with E-state index in [0.29, 0.717) is 0 Å². The predicted molar refractivity (Wildman–Crippen MR) is 101 cm³/mol. The Bertz CT molecular complexity index is 339. The summed E-state index contributed by atoms with van der Waals surface area (Å²) in [5, 5.41) is 5.21. The zero-order valence-electron chi connectivity index (χ0n) is 11.4. The molecule has 6 heteroatoms. The molecule has 0 aromatic rings. The van der Waals surface area contributed by atoms with E-state index in [9.17, 15) is 0 Å². The van der Waals surface area contributed by atoms with E-state index in [1.54, 1.807) is 10.6 Å². The zero-order valence-corrected chi connectivity index (χ0v) is 21.1. The summed E-state index contributed by atoms with van der Waals surface area (Å²) in [6.45, 7) is 0. The van der Waals surface area contributed by atoms with Crippen LogP contribution in [0.1, 0.15) is 25.7 Å². The van der Waals surface area contributed by atoms with Crippen molar-refractivity contribution in [2.45, 2.75) is 50.5 Å². The molecule has 0 amide bonds. The second kappa shape index (κ2) is 8.95. The molecule has 0 saturated carbocycles. The zero-order chi connectivity index (χ0) is 13.9. The Morgan fingerprint density at radius 1 is 0.850 bits per heavy atom. The fourth-order valence-corrected chi connectivity index (χ4v) is 16.0. The van der Waals surface area contributed by atoms with E-state index in [1.807, 2.05) is 7.10 Å². The summed E-state index contributed by atoms with van der Waals surface area (Å²) in [7, 11) is 0. The molecule has 0 nitrogen and oxygen atoms in total. The maximum atomic E-state index is 2.36. The molecule has 112 valence electrons. The van der Waals surface area contributed by atoms with E-state index < -0.39 is 0 Å². The van der Waals surface area contributed by atoms with E-state index in [2.05, 4.69) is 67.2 Å². The third kappa shape index (κ3) is 6.89. The molecule has 3 saturated heterocycles. The summed E-state index contributed by atoms with van der Waals surface area (Å²) in [5.41, 5.74) is 0. The molecule has 3 fully saturated rings. The SMILES string of the molecule is [Te]=C(CC1C[Se]C(CC(=[Te])CC2CS2)[Se]C1)CC1CS1. The van der Waals surface area contributed by atoms with Gasteiger partial charge in [0.15, 0.2) is 0 Å². The van der Waals surface area contributed by atoms with Crippen molar-refractivity contribution in [2.24, 2.45) is 5.92 Å². The normalized spacial score (nSPS) is 35.6. The van der Waals surface area contributed by atoms with Gasteiger partial charge in [-0.15, -0.1) is 0 Å². The second-order valence-electron chi connectivity index (χ2n) is 5.77. The van der Waals surface area contributed by atoms with Gasteiger partial charge in [-0.3, -0.25) is 0 Å². The van der Waals surface area contributed by atoms with E-state index in [0.717, 1.165) is 50.0 Å². The minimum atomic E-state index is 0.957. The Morgan fingerprint density at radius 3 is 1.85 bits per heavy atom. The van der Waals surface area contributed by atoms with Gasteiger partial charge in [0.2, 0.25) is 0 Å². The van der Waals surface area contributed by atoms with Crippen LogP contribution < -0.4 is 0 Å². The number of rotatable bonds is 8. The summed E-state index contributed by atoms with van der Waals surface area (Å²) < 4.78 is 4.80. The van der Waals surface area contributed by atoms with Crippen LogP contribution in [0, 0.1) is 5.92 Å². The van der Waals surface area contributed by atoms with Gasteiger partial charge in [-0.2, -0.15) is 0 Å². The molecule has 0 aliphatic carbocycles. The molecular weight excluding hydrogens is 645 g/mol. The number of thioether (sulfide) groups is 2. The Balaban J connectivity index is 1.31. The first-order valence-electron chi connectivity index (χ1n) is 7.19. The summed E-state index contributed by atoms with van der Waals surface area (Å²) in [6.07, 6.45) is 5.84. The fourth-order valence-electron chi connectivity index (χ4n) is 2.37. The van der Waals surface area contributed by atoms with Crippen molar-refractivity contribution in [3.63, 3.8) is 0 Å². The molecule has 3 heterocycles. The molecule has 2 atom stereocenters. The van der Waals surface area contributed by atoms with Crippen molar-refractivity contribution < 1.29 is 0 Å². The third-order valence-corrected chi connectivity index (χ3v) is 15.5. The molecule has 0 bridgehead atoms. The van der Waals surface area contributed by atoms with Crippen LogP contribution in [0.25, 0.3) is 0 Å². The van der Waals surface area contributed by atoms with Gasteiger partial charge in [-0.1, -0.05) is 0 Å². The van der Waals surface area contributed by atoms with Crippen molar-refractivity contribution in [3.05, 3.63) is 0 Å². The van der Waals surface area contributed by atoms with Crippen LogP contribution in [-0.2, 0) is 0 Å². The average Bonchev–Trinajstić information content (AvgIpc) is 3.28.